The number of hydrogen-bond donors (Lipinski definition) is 2. The largest absolute Gasteiger partial charge is 0.380 e. The topological polar surface area (TPSA) is 136 Å². The molecule has 0 saturated carbocycles. The molecule has 0 radical (unpaired) electrons. The van der Waals surface area contributed by atoms with Gasteiger partial charge in [-0.25, -0.2) is 13.3 Å². The highest BCUT2D eigenvalue weighted by atomic mass is 79.9. The van der Waals surface area contributed by atoms with E-state index >= 15 is 0 Å². The van der Waals surface area contributed by atoms with Gasteiger partial charge in [0.2, 0.25) is 0 Å². The minimum absolute atomic E-state index is 0.0105. The highest BCUT2D eigenvalue weighted by molar-refractivity contribution is 9.10. The zero-order valence-electron chi connectivity index (χ0n) is 14.3. The zero-order chi connectivity index (χ0) is 20.6. The molecule has 0 aliphatic heterocycles. The lowest BCUT2D eigenvalue weighted by Gasteiger charge is -2.06. The van der Waals surface area contributed by atoms with Gasteiger partial charge in [0.1, 0.15) is 12.1 Å². The highest BCUT2D eigenvalue weighted by Crippen LogP contribution is 2.33. The lowest BCUT2D eigenvalue weighted by atomic mass is 10.2. The van der Waals surface area contributed by atoms with Gasteiger partial charge < -0.3 is 5.32 Å². The molecule has 0 saturated heterocycles. The molecular weight excluding hydrogens is 469 g/mol. The standard InChI is InChI=1S/C11H8BrFN4O5S2.C2H7N/c1-6-10(12)8-3-2-7(13)4-9(8)17(6)23(18,19)11-14-5-16(15-11)24(20,21)22;1-3-2/h2-5H,1H3,(H,20,21,22);3H,1-2H3. The first kappa shape index (κ1) is 21.4. The summed E-state index contributed by atoms with van der Waals surface area (Å²) in [5, 5.41) is 5.58. The number of halogens is 2. The lowest BCUT2D eigenvalue weighted by molar-refractivity contribution is 0.464. The van der Waals surface area contributed by atoms with E-state index in [4.69, 9.17) is 4.55 Å². The Balaban J connectivity index is 0.000000817. The van der Waals surface area contributed by atoms with E-state index in [1.54, 1.807) is 0 Å². The molecule has 3 rings (SSSR count). The fraction of sp³-hybridized carbons (Fsp3) is 0.231. The summed E-state index contributed by atoms with van der Waals surface area (Å²) in [7, 11) is -5.46. The lowest BCUT2D eigenvalue weighted by Crippen LogP contribution is -2.18. The maximum atomic E-state index is 13.5. The second kappa shape index (κ2) is 7.63. The summed E-state index contributed by atoms with van der Waals surface area (Å²) in [6.45, 7) is 1.47. The number of benzene rings is 1. The molecule has 0 unspecified atom stereocenters. The van der Waals surface area contributed by atoms with Crippen molar-refractivity contribution in [1.82, 2.24) is 23.5 Å². The van der Waals surface area contributed by atoms with Crippen LogP contribution in [0.1, 0.15) is 5.69 Å². The van der Waals surface area contributed by atoms with E-state index in [1.807, 2.05) is 14.1 Å². The van der Waals surface area contributed by atoms with Gasteiger partial charge in [0.15, 0.2) is 0 Å². The first-order chi connectivity index (χ1) is 12.4. The normalized spacial score (nSPS) is 12.1. The average molecular weight is 484 g/mol. The summed E-state index contributed by atoms with van der Waals surface area (Å²) in [5.74, 6) is -0.652. The van der Waals surface area contributed by atoms with Gasteiger partial charge in [-0.2, -0.15) is 16.8 Å². The van der Waals surface area contributed by atoms with Crippen molar-refractivity contribution in [1.29, 1.82) is 0 Å². The van der Waals surface area contributed by atoms with Crippen LogP contribution in [-0.4, -0.2) is 53.6 Å². The molecule has 148 valence electrons. The van der Waals surface area contributed by atoms with Gasteiger partial charge in [0, 0.05) is 15.6 Å². The Labute approximate surface area is 163 Å². The molecule has 0 bridgehead atoms. The number of rotatable bonds is 3. The van der Waals surface area contributed by atoms with Gasteiger partial charge in [-0.05, 0) is 55.1 Å². The van der Waals surface area contributed by atoms with E-state index in [9.17, 15) is 21.2 Å². The van der Waals surface area contributed by atoms with Crippen LogP contribution < -0.4 is 5.32 Å². The number of aromatic nitrogens is 4. The SMILES string of the molecule is CNC.Cc1c(Br)c2ccc(F)cc2n1S(=O)(=O)c1ncn(S(=O)(=O)O)n1. The molecule has 1 aromatic carbocycles. The Morgan fingerprint density at radius 2 is 1.81 bits per heavy atom. The number of nitrogens with zero attached hydrogens (tertiary/aromatic N) is 4. The second-order valence-corrected chi connectivity index (χ2v) is 8.95. The van der Waals surface area contributed by atoms with Crippen LogP contribution in [0.25, 0.3) is 10.9 Å². The van der Waals surface area contributed by atoms with E-state index < -0.39 is 31.3 Å². The first-order valence-corrected chi connectivity index (χ1v) is 10.8. The summed E-state index contributed by atoms with van der Waals surface area (Å²) in [6.07, 6.45) is 0.541. The third kappa shape index (κ3) is 4.03. The Morgan fingerprint density at radius 3 is 2.33 bits per heavy atom. The molecule has 0 aliphatic carbocycles. The van der Waals surface area contributed by atoms with Gasteiger partial charge in [-0.3, -0.25) is 4.55 Å². The van der Waals surface area contributed by atoms with Crippen molar-refractivity contribution in [2.45, 2.75) is 12.1 Å². The van der Waals surface area contributed by atoms with Gasteiger partial charge in [0.05, 0.1) is 5.52 Å². The monoisotopic (exact) mass is 483 g/mol. The molecule has 2 aromatic heterocycles. The Morgan fingerprint density at radius 1 is 1.22 bits per heavy atom. The molecule has 3 aromatic rings. The highest BCUT2D eigenvalue weighted by Gasteiger charge is 2.29. The summed E-state index contributed by atoms with van der Waals surface area (Å²) in [6, 6.07) is 3.59. The van der Waals surface area contributed by atoms with Crippen LogP contribution in [0, 0.1) is 12.7 Å². The molecule has 0 atom stereocenters. The molecular formula is C13H15BrFN5O5S2. The van der Waals surface area contributed by atoms with Crippen LogP contribution in [0.3, 0.4) is 0 Å². The van der Waals surface area contributed by atoms with Crippen LogP contribution in [0.4, 0.5) is 4.39 Å². The Hall–Kier alpha value is -1.87. The third-order valence-corrected chi connectivity index (χ3v) is 6.45. The van der Waals surface area contributed by atoms with Gasteiger partial charge in [0.25, 0.3) is 5.16 Å². The van der Waals surface area contributed by atoms with Crippen LogP contribution >= 0.6 is 15.9 Å². The van der Waals surface area contributed by atoms with Crippen LogP contribution in [0.15, 0.2) is 34.2 Å². The second-order valence-electron chi connectivity index (χ2n) is 5.21. The van der Waals surface area contributed by atoms with E-state index in [0.717, 1.165) is 10.0 Å². The third-order valence-electron chi connectivity index (χ3n) is 3.20. The van der Waals surface area contributed by atoms with Crippen molar-refractivity contribution >= 4 is 47.2 Å². The summed E-state index contributed by atoms with van der Waals surface area (Å²) in [5.41, 5.74) is 0.251. The van der Waals surface area contributed by atoms with E-state index in [1.165, 1.54) is 19.1 Å². The molecule has 14 heteroatoms. The zero-order valence-corrected chi connectivity index (χ0v) is 17.5. The van der Waals surface area contributed by atoms with Gasteiger partial charge in [-0.1, -0.05) is 0 Å². The van der Waals surface area contributed by atoms with E-state index in [-0.39, 0.29) is 15.3 Å². The predicted octanol–water partition coefficient (Wildman–Crippen LogP) is 1.17. The molecule has 2 N–H and O–H groups in total. The predicted molar refractivity (Wildman–Crippen MR) is 98.9 cm³/mol. The number of nitrogens with one attached hydrogen (secondary N) is 1. The van der Waals surface area contributed by atoms with Crippen molar-refractivity contribution in [2.24, 2.45) is 0 Å². The van der Waals surface area contributed by atoms with E-state index in [0.29, 0.717) is 16.2 Å². The minimum atomic E-state index is -4.78. The molecule has 10 nitrogen and oxygen atoms in total. The smallest absolute Gasteiger partial charge is 0.323 e. The quantitative estimate of drug-likeness (QED) is 0.529. The fourth-order valence-electron chi connectivity index (χ4n) is 2.18. The Bertz CT molecular complexity index is 1200. The van der Waals surface area contributed by atoms with Gasteiger partial charge in [-0.15, -0.1) is 9.19 Å². The average Bonchev–Trinajstić information content (AvgIpc) is 3.13. The minimum Gasteiger partial charge on any atom is -0.323 e. The number of hydrogen-bond acceptors (Lipinski definition) is 7. The van der Waals surface area contributed by atoms with Crippen LogP contribution in [0.2, 0.25) is 0 Å². The van der Waals surface area contributed by atoms with Crippen molar-refractivity contribution in [3.8, 4) is 0 Å². The van der Waals surface area contributed by atoms with Crippen LogP contribution in [-0.2, 0) is 20.3 Å². The molecule has 0 amide bonds. The molecule has 2 heterocycles. The fourth-order valence-corrected chi connectivity index (χ4v) is 4.60. The molecule has 0 aliphatic rings. The molecule has 0 spiro atoms. The maximum Gasteiger partial charge on any atom is 0.380 e. The van der Waals surface area contributed by atoms with Gasteiger partial charge >= 0.3 is 20.3 Å². The summed E-state index contributed by atoms with van der Waals surface area (Å²) >= 11 is 3.24. The first-order valence-electron chi connectivity index (χ1n) is 7.15. The van der Waals surface area contributed by atoms with Crippen molar-refractivity contribution in [3.63, 3.8) is 0 Å². The maximum absolute atomic E-state index is 13.5. The van der Waals surface area contributed by atoms with Crippen LogP contribution in [0.5, 0.6) is 0 Å². The van der Waals surface area contributed by atoms with E-state index in [2.05, 4.69) is 31.3 Å². The molecule has 0 fully saturated rings. The Kier molecular flexibility index (Phi) is 6.06. The van der Waals surface area contributed by atoms with Crippen molar-refractivity contribution in [2.75, 3.05) is 14.1 Å². The number of fused-ring (bicyclic) bond motifs is 1. The molecule has 27 heavy (non-hydrogen) atoms. The van der Waals surface area contributed by atoms with Crippen molar-refractivity contribution < 1.29 is 25.8 Å². The summed E-state index contributed by atoms with van der Waals surface area (Å²) in [4.78, 5) is 3.41. The van der Waals surface area contributed by atoms with Crippen molar-refractivity contribution in [3.05, 3.63) is 40.5 Å². The summed E-state index contributed by atoms with van der Waals surface area (Å²) < 4.78 is 71.1.